The summed E-state index contributed by atoms with van der Waals surface area (Å²) >= 11 is 0. The number of carbonyl (C=O) groups is 2. The number of carboxylic acid groups (broad SMARTS) is 1. The summed E-state index contributed by atoms with van der Waals surface area (Å²) in [6.07, 6.45) is 0.649. The van der Waals surface area contributed by atoms with Crippen molar-refractivity contribution in [2.45, 2.75) is 19.8 Å². The average molecular weight is 326 g/mol. The molecule has 0 saturated heterocycles. The predicted octanol–water partition coefficient (Wildman–Crippen LogP) is 3.35. The summed E-state index contributed by atoms with van der Waals surface area (Å²) in [5.41, 5.74) is 1.82. The minimum atomic E-state index is -0.979. The van der Waals surface area contributed by atoms with Gasteiger partial charge in [0.1, 0.15) is 0 Å². The van der Waals surface area contributed by atoms with Gasteiger partial charge in [-0.25, -0.2) is 0 Å². The molecule has 4 nitrogen and oxygen atoms in total. The zero-order valence-electron chi connectivity index (χ0n) is 13.7. The van der Waals surface area contributed by atoms with Crippen molar-refractivity contribution in [3.05, 3.63) is 71.8 Å². The van der Waals surface area contributed by atoms with Crippen molar-refractivity contribution < 1.29 is 19.4 Å². The van der Waals surface area contributed by atoms with Crippen LogP contribution in [0.3, 0.4) is 0 Å². The molecule has 126 valence electrons. The van der Waals surface area contributed by atoms with Crippen molar-refractivity contribution in [2.75, 3.05) is 6.61 Å². The van der Waals surface area contributed by atoms with E-state index < -0.39 is 23.8 Å². The molecule has 0 aliphatic carbocycles. The molecule has 0 amide bonds. The van der Waals surface area contributed by atoms with Crippen molar-refractivity contribution in [3.8, 4) is 0 Å². The van der Waals surface area contributed by atoms with E-state index in [1.165, 1.54) is 0 Å². The van der Waals surface area contributed by atoms with Gasteiger partial charge >= 0.3 is 11.9 Å². The van der Waals surface area contributed by atoms with E-state index in [1.807, 2.05) is 60.7 Å². The smallest absolute Gasteiger partial charge is 0.310 e. The summed E-state index contributed by atoms with van der Waals surface area (Å²) in [6, 6.07) is 18.8. The maximum Gasteiger partial charge on any atom is 0.310 e. The Balaban J connectivity index is 2.26. The molecule has 2 unspecified atom stereocenters. The van der Waals surface area contributed by atoms with Crippen molar-refractivity contribution in [2.24, 2.45) is 11.8 Å². The van der Waals surface area contributed by atoms with Crippen LogP contribution in [0.1, 0.15) is 18.1 Å². The minimum absolute atomic E-state index is 0.238. The van der Waals surface area contributed by atoms with Crippen LogP contribution in [0.5, 0.6) is 0 Å². The van der Waals surface area contributed by atoms with Crippen LogP contribution < -0.4 is 0 Å². The van der Waals surface area contributed by atoms with Gasteiger partial charge in [0.05, 0.1) is 18.4 Å². The normalized spacial score (nSPS) is 13.0. The summed E-state index contributed by atoms with van der Waals surface area (Å²) in [6.45, 7) is 1.96. The van der Waals surface area contributed by atoms with E-state index in [-0.39, 0.29) is 6.61 Å². The molecule has 0 aliphatic rings. The lowest BCUT2D eigenvalue weighted by atomic mass is 9.82. The molecular weight excluding hydrogens is 304 g/mol. The molecule has 0 aromatic heterocycles. The van der Waals surface area contributed by atoms with Crippen molar-refractivity contribution in [3.63, 3.8) is 0 Å². The number of hydrogen-bond acceptors (Lipinski definition) is 3. The topological polar surface area (TPSA) is 63.6 Å². The van der Waals surface area contributed by atoms with Crippen LogP contribution in [0.4, 0.5) is 0 Å². The number of carboxylic acids is 1. The fourth-order valence-corrected chi connectivity index (χ4v) is 2.78. The Morgan fingerprint density at radius 2 is 1.33 bits per heavy atom. The molecule has 2 aromatic carbocycles. The zero-order valence-corrected chi connectivity index (χ0v) is 13.7. The van der Waals surface area contributed by atoms with Crippen molar-refractivity contribution in [1.29, 1.82) is 0 Å². The maximum atomic E-state index is 12.4. The molecule has 4 heteroatoms. The first kappa shape index (κ1) is 17.7. The van der Waals surface area contributed by atoms with Crippen LogP contribution in [-0.2, 0) is 27.2 Å². The van der Waals surface area contributed by atoms with Gasteiger partial charge < -0.3 is 9.84 Å². The van der Waals surface area contributed by atoms with Gasteiger partial charge in [-0.2, -0.15) is 0 Å². The molecule has 0 spiro atoms. The molecule has 0 aliphatic heterocycles. The van der Waals surface area contributed by atoms with E-state index in [4.69, 9.17) is 4.74 Å². The Labute approximate surface area is 142 Å². The average Bonchev–Trinajstić information content (AvgIpc) is 2.60. The third kappa shape index (κ3) is 4.95. The van der Waals surface area contributed by atoms with Gasteiger partial charge in [-0.3, -0.25) is 9.59 Å². The molecule has 1 N–H and O–H groups in total. The van der Waals surface area contributed by atoms with Crippen LogP contribution in [0.2, 0.25) is 0 Å². The highest BCUT2D eigenvalue weighted by atomic mass is 16.5. The second-order valence-corrected chi connectivity index (χ2v) is 5.68. The van der Waals surface area contributed by atoms with Crippen molar-refractivity contribution >= 4 is 11.9 Å². The lowest BCUT2D eigenvalue weighted by Gasteiger charge is -2.22. The molecule has 24 heavy (non-hydrogen) atoms. The van der Waals surface area contributed by atoms with Gasteiger partial charge in [-0.05, 0) is 30.9 Å². The van der Waals surface area contributed by atoms with Crippen LogP contribution in [0.15, 0.2) is 60.7 Å². The molecule has 0 heterocycles. The van der Waals surface area contributed by atoms with Crippen LogP contribution >= 0.6 is 0 Å². The highest BCUT2D eigenvalue weighted by Crippen LogP contribution is 2.24. The Hall–Kier alpha value is -2.62. The fourth-order valence-electron chi connectivity index (χ4n) is 2.78. The van der Waals surface area contributed by atoms with Gasteiger partial charge in [0.2, 0.25) is 0 Å². The molecule has 0 bridgehead atoms. The van der Waals surface area contributed by atoms with Crippen LogP contribution in [0, 0.1) is 11.8 Å². The first-order chi connectivity index (χ1) is 11.6. The van der Waals surface area contributed by atoms with E-state index in [9.17, 15) is 14.7 Å². The van der Waals surface area contributed by atoms with E-state index in [2.05, 4.69) is 0 Å². The predicted molar refractivity (Wildman–Crippen MR) is 91.5 cm³/mol. The lowest BCUT2D eigenvalue weighted by Crippen LogP contribution is -2.34. The minimum Gasteiger partial charge on any atom is -0.481 e. The highest BCUT2D eigenvalue weighted by molar-refractivity contribution is 5.81. The van der Waals surface area contributed by atoms with E-state index >= 15 is 0 Å². The van der Waals surface area contributed by atoms with Gasteiger partial charge in [0.25, 0.3) is 0 Å². The second-order valence-electron chi connectivity index (χ2n) is 5.68. The Morgan fingerprint density at radius 3 is 1.75 bits per heavy atom. The molecule has 0 fully saturated rings. The van der Waals surface area contributed by atoms with Crippen LogP contribution in [0.25, 0.3) is 0 Å². The number of carbonyl (C=O) groups excluding carboxylic acids is 1. The number of ether oxygens (including phenoxy) is 1. The molecule has 0 radical (unpaired) electrons. The van der Waals surface area contributed by atoms with E-state index in [0.717, 1.165) is 11.1 Å². The molecule has 2 atom stereocenters. The van der Waals surface area contributed by atoms with Crippen LogP contribution in [-0.4, -0.2) is 23.7 Å². The van der Waals surface area contributed by atoms with Gasteiger partial charge in [-0.15, -0.1) is 0 Å². The summed E-state index contributed by atoms with van der Waals surface area (Å²) in [7, 11) is 0. The third-order valence-electron chi connectivity index (χ3n) is 3.99. The Kier molecular flexibility index (Phi) is 6.55. The van der Waals surface area contributed by atoms with Gasteiger partial charge in [0, 0.05) is 0 Å². The quantitative estimate of drug-likeness (QED) is 0.756. The van der Waals surface area contributed by atoms with E-state index in [1.54, 1.807) is 6.92 Å². The largest absolute Gasteiger partial charge is 0.481 e. The highest BCUT2D eigenvalue weighted by Gasteiger charge is 2.35. The molecule has 2 rings (SSSR count). The number of hydrogen-bond donors (Lipinski definition) is 1. The number of aliphatic carboxylic acids is 1. The molecular formula is C20H22O4. The standard InChI is InChI=1S/C20H22O4/c1-2-24-20(23)18(14-16-11-7-4-8-12-16)17(19(21)22)13-15-9-5-3-6-10-15/h3-12,17-18H,2,13-14H2,1H3,(H,21,22). The SMILES string of the molecule is CCOC(=O)C(Cc1ccccc1)C(Cc1ccccc1)C(=O)O. The van der Waals surface area contributed by atoms with Crippen molar-refractivity contribution in [1.82, 2.24) is 0 Å². The number of rotatable bonds is 8. The molecule has 2 aromatic rings. The summed E-state index contributed by atoms with van der Waals surface area (Å²) < 4.78 is 5.14. The van der Waals surface area contributed by atoms with Gasteiger partial charge in [-0.1, -0.05) is 60.7 Å². The first-order valence-electron chi connectivity index (χ1n) is 8.09. The number of esters is 1. The fraction of sp³-hybridized carbons (Fsp3) is 0.300. The number of benzene rings is 2. The maximum absolute atomic E-state index is 12.4. The Morgan fingerprint density at radius 1 is 0.875 bits per heavy atom. The first-order valence-corrected chi connectivity index (χ1v) is 8.09. The Bertz CT molecular complexity index is 652. The van der Waals surface area contributed by atoms with Gasteiger partial charge in [0.15, 0.2) is 0 Å². The second kappa shape index (κ2) is 8.87. The molecule has 0 saturated carbocycles. The summed E-state index contributed by atoms with van der Waals surface area (Å²) in [5.74, 6) is -2.98. The zero-order chi connectivity index (χ0) is 17.4. The monoisotopic (exact) mass is 326 g/mol. The summed E-state index contributed by atoms with van der Waals surface area (Å²) in [4.78, 5) is 24.2. The lowest BCUT2D eigenvalue weighted by molar-refractivity contribution is -0.157. The summed E-state index contributed by atoms with van der Waals surface area (Å²) in [5, 5.41) is 9.69. The van der Waals surface area contributed by atoms with E-state index in [0.29, 0.717) is 12.8 Å². The third-order valence-corrected chi connectivity index (χ3v) is 3.99.